The standard InChI is InChI=1S/C26H30N2O5/c1-26(2,3)14-21(23(29)28-13-12-22(28)24(30)31)27-25(32)33-15-20-18-10-6-4-8-16(18)17-9-5-7-11-19(17)20/h4-11,20-22H,12-15H2,1-3H3,(H,27,32)(H,30,31). The van der Waals surface area contributed by atoms with Crippen molar-refractivity contribution in [3.63, 3.8) is 0 Å². The molecule has 0 saturated carbocycles. The van der Waals surface area contributed by atoms with Crippen molar-refractivity contribution in [2.45, 2.75) is 51.6 Å². The number of hydrogen-bond donors (Lipinski definition) is 2. The molecule has 33 heavy (non-hydrogen) atoms. The third-order valence-corrected chi connectivity index (χ3v) is 6.34. The van der Waals surface area contributed by atoms with Crippen LogP contribution in [0, 0.1) is 5.41 Å². The molecule has 1 heterocycles. The van der Waals surface area contributed by atoms with Gasteiger partial charge in [0, 0.05) is 12.5 Å². The van der Waals surface area contributed by atoms with Gasteiger partial charge >= 0.3 is 12.1 Å². The molecule has 0 spiro atoms. The van der Waals surface area contributed by atoms with E-state index in [1.165, 1.54) is 4.90 Å². The molecule has 2 aromatic carbocycles. The summed E-state index contributed by atoms with van der Waals surface area (Å²) in [6.07, 6.45) is 0.125. The normalized spacial score (nSPS) is 18.0. The van der Waals surface area contributed by atoms with E-state index in [1.54, 1.807) is 0 Å². The summed E-state index contributed by atoms with van der Waals surface area (Å²) in [6.45, 7) is 6.44. The number of likely N-dealkylation sites (tertiary alicyclic amines) is 1. The fourth-order valence-electron chi connectivity index (χ4n) is 4.70. The molecule has 0 radical (unpaired) electrons. The molecule has 2 amide bonds. The quantitative estimate of drug-likeness (QED) is 0.693. The first-order chi connectivity index (χ1) is 15.7. The van der Waals surface area contributed by atoms with Crippen LogP contribution in [-0.4, -0.2) is 53.2 Å². The summed E-state index contributed by atoms with van der Waals surface area (Å²) in [7, 11) is 0. The van der Waals surface area contributed by atoms with Crippen LogP contribution in [0.3, 0.4) is 0 Å². The zero-order valence-corrected chi connectivity index (χ0v) is 19.2. The molecule has 2 atom stereocenters. The van der Waals surface area contributed by atoms with Gasteiger partial charge in [0.1, 0.15) is 18.7 Å². The minimum absolute atomic E-state index is 0.0771. The first-order valence-electron chi connectivity index (χ1n) is 11.3. The minimum atomic E-state index is -1.02. The van der Waals surface area contributed by atoms with E-state index in [9.17, 15) is 19.5 Å². The number of alkyl carbamates (subject to hydrolysis) is 1. The molecule has 1 saturated heterocycles. The number of benzene rings is 2. The van der Waals surface area contributed by atoms with Crippen LogP contribution in [0.25, 0.3) is 11.1 Å². The molecular formula is C26H30N2O5. The lowest BCUT2D eigenvalue weighted by Gasteiger charge is -2.40. The molecule has 0 bridgehead atoms. The first-order valence-corrected chi connectivity index (χ1v) is 11.3. The number of carbonyl (C=O) groups is 3. The van der Waals surface area contributed by atoms with Gasteiger partial charge in [-0.15, -0.1) is 0 Å². The van der Waals surface area contributed by atoms with Gasteiger partial charge in [0.25, 0.3) is 0 Å². The summed E-state index contributed by atoms with van der Waals surface area (Å²) in [5.41, 5.74) is 4.25. The van der Waals surface area contributed by atoms with E-state index in [-0.39, 0.29) is 23.8 Å². The van der Waals surface area contributed by atoms with Crippen LogP contribution in [0.5, 0.6) is 0 Å². The SMILES string of the molecule is CC(C)(C)CC(NC(=O)OCC1c2ccccc2-c2ccccc21)C(=O)N1CCC1C(=O)O. The number of carbonyl (C=O) groups excluding carboxylic acids is 2. The number of carboxylic acids is 1. The van der Waals surface area contributed by atoms with Gasteiger partial charge in [0.05, 0.1) is 0 Å². The van der Waals surface area contributed by atoms with Crippen molar-refractivity contribution in [3.05, 3.63) is 59.7 Å². The highest BCUT2D eigenvalue weighted by molar-refractivity contribution is 5.90. The van der Waals surface area contributed by atoms with Crippen molar-refractivity contribution in [2.75, 3.05) is 13.2 Å². The van der Waals surface area contributed by atoms with Crippen LogP contribution in [0.2, 0.25) is 0 Å². The molecule has 1 aliphatic carbocycles. The second-order valence-corrected chi connectivity index (χ2v) is 9.96. The van der Waals surface area contributed by atoms with E-state index >= 15 is 0 Å². The summed E-state index contributed by atoms with van der Waals surface area (Å²) < 4.78 is 5.60. The highest BCUT2D eigenvalue weighted by atomic mass is 16.5. The van der Waals surface area contributed by atoms with Crippen LogP contribution < -0.4 is 5.32 Å². The van der Waals surface area contributed by atoms with Gasteiger partial charge in [-0.25, -0.2) is 9.59 Å². The number of amides is 2. The van der Waals surface area contributed by atoms with Crippen molar-refractivity contribution in [3.8, 4) is 11.1 Å². The fourth-order valence-corrected chi connectivity index (χ4v) is 4.70. The number of rotatable bonds is 6. The Labute approximate surface area is 193 Å². The lowest BCUT2D eigenvalue weighted by atomic mass is 9.87. The zero-order chi connectivity index (χ0) is 23.8. The number of carboxylic acid groups (broad SMARTS) is 1. The maximum absolute atomic E-state index is 13.0. The average Bonchev–Trinajstić information content (AvgIpc) is 3.03. The molecule has 2 unspecified atom stereocenters. The van der Waals surface area contributed by atoms with Gasteiger partial charge in [-0.1, -0.05) is 69.3 Å². The van der Waals surface area contributed by atoms with E-state index in [0.717, 1.165) is 22.3 Å². The van der Waals surface area contributed by atoms with Crippen LogP contribution in [0.15, 0.2) is 48.5 Å². The van der Waals surface area contributed by atoms with Crippen LogP contribution in [-0.2, 0) is 14.3 Å². The highest BCUT2D eigenvalue weighted by Gasteiger charge is 2.41. The molecular weight excluding hydrogens is 420 g/mol. The van der Waals surface area contributed by atoms with E-state index < -0.39 is 24.1 Å². The van der Waals surface area contributed by atoms with E-state index in [1.807, 2.05) is 57.2 Å². The molecule has 7 heteroatoms. The molecule has 2 aliphatic rings. The Kier molecular flexibility index (Phi) is 6.15. The number of fused-ring (bicyclic) bond motifs is 3. The van der Waals surface area contributed by atoms with Gasteiger partial charge in [-0.3, -0.25) is 4.79 Å². The second-order valence-electron chi connectivity index (χ2n) is 9.96. The largest absolute Gasteiger partial charge is 0.480 e. The average molecular weight is 451 g/mol. The fraction of sp³-hybridized carbons (Fsp3) is 0.423. The molecule has 1 fully saturated rings. The summed E-state index contributed by atoms with van der Waals surface area (Å²) in [6, 6.07) is 14.5. The third-order valence-electron chi connectivity index (χ3n) is 6.34. The Morgan fingerprint density at radius 1 is 1.06 bits per heavy atom. The predicted octanol–water partition coefficient (Wildman–Crippen LogP) is 4.02. The summed E-state index contributed by atoms with van der Waals surface area (Å²) in [5, 5.41) is 12.0. The van der Waals surface area contributed by atoms with Crippen LogP contribution >= 0.6 is 0 Å². The Balaban J connectivity index is 1.45. The van der Waals surface area contributed by atoms with Crippen molar-refractivity contribution in [2.24, 2.45) is 5.41 Å². The van der Waals surface area contributed by atoms with E-state index in [4.69, 9.17) is 4.74 Å². The topological polar surface area (TPSA) is 95.9 Å². The number of hydrogen-bond acceptors (Lipinski definition) is 4. The second kappa shape index (κ2) is 8.89. The van der Waals surface area contributed by atoms with Gasteiger partial charge < -0.3 is 20.1 Å². The molecule has 0 aromatic heterocycles. The Bertz CT molecular complexity index is 1030. The lowest BCUT2D eigenvalue weighted by Crippen LogP contribution is -2.61. The number of nitrogens with zero attached hydrogens (tertiary/aromatic N) is 1. The van der Waals surface area contributed by atoms with Gasteiger partial charge in [0.15, 0.2) is 0 Å². The number of aliphatic carboxylic acids is 1. The molecule has 2 aromatic rings. The summed E-state index contributed by atoms with van der Waals surface area (Å²) in [5.74, 6) is -1.48. The minimum Gasteiger partial charge on any atom is -0.480 e. The molecule has 4 rings (SSSR count). The summed E-state index contributed by atoms with van der Waals surface area (Å²) in [4.78, 5) is 38.5. The third kappa shape index (κ3) is 4.72. The van der Waals surface area contributed by atoms with E-state index in [2.05, 4.69) is 17.4 Å². The van der Waals surface area contributed by atoms with Crippen molar-refractivity contribution < 1.29 is 24.2 Å². The van der Waals surface area contributed by atoms with Gasteiger partial charge in [-0.05, 0) is 40.5 Å². The van der Waals surface area contributed by atoms with Gasteiger partial charge in [0.2, 0.25) is 5.91 Å². The Morgan fingerprint density at radius 3 is 2.12 bits per heavy atom. The number of ether oxygens (including phenoxy) is 1. The molecule has 174 valence electrons. The molecule has 1 aliphatic heterocycles. The van der Waals surface area contributed by atoms with Crippen molar-refractivity contribution >= 4 is 18.0 Å². The van der Waals surface area contributed by atoms with Crippen molar-refractivity contribution in [1.82, 2.24) is 10.2 Å². The Hall–Kier alpha value is -3.35. The molecule has 2 N–H and O–H groups in total. The smallest absolute Gasteiger partial charge is 0.407 e. The lowest BCUT2D eigenvalue weighted by molar-refractivity contribution is -0.158. The maximum atomic E-state index is 13.0. The highest BCUT2D eigenvalue weighted by Crippen LogP contribution is 2.44. The molecule has 7 nitrogen and oxygen atoms in total. The summed E-state index contributed by atoms with van der Waals surface area (Å²) >= 11 is 0. The first kappa shape index (κ1) is 22.8. The number of nitrogens with one attached hydrogen (secondary N) is 1. The van der Waals surface area contributed by atoms with Crippen LogP contribution in [0.4, 0.5) is 4.79 Å². The monoisotopic (exact) mass is 450 g/mol. The van der Waals surface area contributed by atoms with Crippen LogP contribution in [0.1, 0.15) is 50.7 Å². The Morgan fingerprint density at radius 2 is 1.64 bits per heavy atom. The maximum Gasteiger partial charge on any atom is 0.407 e. The van der Waals surface area contributed by atoms with E-state index in [0.29, 0.717) is 19.4 Å². The van der Waals surface area contributed by atoms with Gasteiger partial charge in [-0.2, -0.15) is 0 Å². The zero-order valence-electron chi connectivity index (χ0n) is 19.2. The predicted molar refractivity (Wildman–Crippen MR) is 124 cm³/mol. The van der Waals surface area contributed by atoms with Crippen molar-refractivity contribution in [1.29, 1.82) is 0 Å².